The lowest BCUT2D eigenvalue weighted by molar-refractivity contribution is -0.128. The third-order valence-electron chi connectivity index (χ3n) is 3.25. The number of likely N-dealkylation sites (tertiary alicyclic amines) is 1. The number of hydrogen-bond acceptors (Lipinski definition) is 1. The van der Waals surface area contributed by atoms with Crippen molar-refractivity contribution in [1.29, 1.82) is 0 Å². The molecule has 1 aromatic carbocycles. The van der Waals surface area contributed by atoms with E-state index in [0.29, 0.717) is 18.9 Å². The summed E-state index contributed by atoms with van der Waals surface area (Å²) in [6.45, 7) is 3.49. The van der Waals surface area contributed by atoms with Crippen LogP contribution in [-0.4, -0.2) is 17.4 Å². The molecule has 1 saturated heterocycles. The predicted octanol–water partition coefficient (Wildman–Crippen LogP) is 3.35. The van der Waals surface area contributed by atoms with Crippen LogP contribution in [0.2, 0.25) is 0 Å². The van der Waals surface area contributed by atoms with Crippen molar-refractivity contribution in [3.05, 3.63) is 34.1 Å². The number of halogens is 2. The van der Waals surface area contributed by atoms with Crippen molar-refractivity contribution in [2.75, 3.05) is 6.54 Å². The molecule has 0 spiro atoms. The van der Waals surface area contributed by atoms with Crippen LogP contribution in [0.25, 0.3) is 0 Å². The molecule has 1 amide bonds. The van der Waals surface area contributed by atoms with Crippen LogP contribution < -0.4 is 0 Å². The molecular formula is C13H15BrFNO. The van der Waals surface area contributed by atoms with Gasteiger partial charge >= 0.3 is 0 Å². The third-order valence-corrected chi connectivity index (χ3v) is 3.99. The van der Waals surface area contributed by atoms with Gasteiger partial charge in [-0.15, -0.1) is 0 Å². The highest BCUT2D eigenvalue weighted by Gasteiger charge is 2.28. The van der Waals surface area contributed by atoms with E-state index in [0.717, 1.165) is 23.0 Å². The number of benzene rings is 1. The van der Waals surface area contributed by atoms with E-state index in [-0.39, 0.29) is 11.7 Å². The van der Waals surface area contributed by atoms with Gasteiger partial charge in [0, 0.05) is 24.0 Å². The van der Waals surface area contributed by atoms with E-state index in [4.69, 9.17) is 0 Å². The van der Waals surface area contributed by atoms with Crippen LogP contribution in [0, 0.1) is 11.7 Å². The van der Waals surface area contributed by atoms with Crippen molar-refractivity contribution in [1.82, 2.24) is 4.90 Å². The Hall–Kier alpha value is -0.900. The summed E-state index contributed by atoms with van der Waals surface area (Å²) in [6, 6.07) is 4.59. The first kappa shape index (κ1) is 12.6. The van der Waals surface area contributed by atoms with E-state index in [9.17, 15) is 9.18 Å². The minimum atomic E-state index is -0.264. The summed E-state index contributed by atoms with van der Waals surface area (Å²) in [5.41, 5.74) is 0.955. The molecule has 92 valence electrons. The van der Waals surface area contributed by atoms with Crippen LogP contribution in [0.4, 0.5) is 4.39 Å². The van der Waals surface area contributed by atoms with E-state index in [2.05, 4.69) is 22.9 Å². The van der Waals surface area contributed by atoms with Crippen molar-refractivity contribution in [3.63, 3.8) is 0 Å². The summed E-state index contributed by atoms with van der Waals surface area (Å²) in [4.78, 5) is 13.6. The topological polar surface area (TPSA) is 20.3 Å². The van der Waals surface area contributed by atoms with E-state index < -0.39 is 0 Å². The highest BCUT2D eigenvalue weighted by Crippen LogP contribution is 2.25. The van der Waals surface area contributed by atoms with Gasteiger partial charge in [0.1, 0.15) is 5.82 Å². The van der Waals surface area contributed by atoms with Crippen LogP contribution in [0.5, 0.6) is 0 Å². The lowest BCUT2D eigenvalue weighted by atomic mass is 10.1. The Bertz CT molecular complexity index is 435. The van der Waals surface area contributed by atoms with Gasteiger partial charge in [-0.05, 0) is 23.6 Å². The number of carbonyl (C=O) groups excluding carboxylic acids is 1. The molecule has 4 heteroatoms. The number of hydrogen-bond donors (Lipinski definition) is 0. The molecule has 1 aliphatic rings. The van der Waals surface area contributed by atoms with Crippen molar-refractivity contribution in [2.45, 2.75) is 26.3 Å². The van der Waals surface area contributed by atoms with Crippen LogP contribution in [0.3, 0.4) is 0 Å². The Morgan fingerprint density at radius 3 is 2.88 bits per heavy atom. The molecule has 0 saturated carbocycles. The second-order valence-electron chi connectivity index (χ2n) is 4.49. The zero-order valence-corrected chi connectivity index (χ0v) is 11.3. The molecule has 1 aliphatic heterocycles. The minimum absolute atomic E-state index is 0.202. The number of carbonyl (C=O) groups is 1. The van der Waals surface area contributed by atoms with Crippen molar-refractivity contribution in [3.8, 4) is 0 Å². The van der Waals surface area contributed by atoms with Crippen LogP contribution in [0.15, 0.2) is 22.7 Å². The van der Waals surface area contributed by atoms with Crippen LogP contribution >= 0.6 is 15.9 Å². The van der Waals surface area contributed by atoms with Gasteiger partial charge in [-0.1, -0.05) is 35.3 Å². The summed E-state index contributed by atoms with van der Waals surface area (Å²) >= 11 is 3.33. The van der Waals surface area contributed by atoms with E-state index in [1.54, 1.807) is 6.07 Å². The van der Waals surface area contributed by atoms with Gasteiger partial charge in [0.05, 0.1) is 0 Å². The summed E-state index contributed by atoms with van der Waals surface area (Å²) in [5.74, 6) is 0.412. The van der Waals surface area contributed by atoms with Gasteiger partial charge in [-0.3, -0.25) is 4.79 Å². The Labute approximate surface area is 109 Å². The summed E-state index contributed by atoms with van der Waals surface area (Å²) in [7, 11) is 0. The lowest BCUT2D eigenvalue weighted by Gasteiger charge is -2.17. The molecule has 2 nitrogen and oxygen atoms in total. The normalized spacial score (nSPS) is 20.1. The molecule has 0 aromatic heterocycles. The Kier molecular flexibility index (Phi) is 3.82. The average molecular weight is 300 g/mol. The SMILES string of the molecule is CCC1CC(=O)N(Cc2ccc(F)cc2Br)C1. The highest BCUT2D eigenvalue weighted by molar-refractivity contribution is 9.10. The predicted molar refractivity (Wildman–Crippen MR) is 67.9 cm³/mol. The second kappa shape index (κ2) is 5.17. The Balaban J connectivity index is 2.08. The summed E-state index contributed by atoms with van der Waals surface area (Å²) < 4.78 is 13.7. The number of rotatable bonds is 3. The van der Waals surface area contributed by atoms with E-state index in [1.165, 1.54) is 12.1 Å². The van der Waals surface area contributed by atoms with Gasteiger partial charge in [0.2, 0.25) is 5.91 Å². The molecule has 1 unspecified atom stereocenters. The molecule has 0 aliphatic carbocycles. The van der Waals surface area contributed by atoms with Gasteiger partial charge in [-0.2, -0.15) is 0 Å². The molecule has 1 heterocycles. The maximum absolute atomic E-state index is 12.9. The molecule has 1 atom stereocenters. The molecular weight excluding hydrogens is 285 g/mol. The second-order valence-corrected chi connectivity index (χ2v) is 5.34. The smallest absolute Gasteiger partial charge is 0.223 e. The zero-order valence-electron chi connectivity index (χ0n) is 9.75. The van der Waals surface area contributed by atoms with Gasteiger partial charge in [-0.25, -0.2) is 4.39 Å². The Morgan fingerprint density at radius 1 is 1.53 bits per heavy atom. The Morgan fingerprint density at radius 2 is 2.29 bits per heavy atom. The van der Waals surface area contributed by atoms with Gasteiger partial charge in [0.15, 0.2) is 0 Å². The first-order chi connectivity index (χ1) is 8.10. The molecule has 1 aromatic rings. The summed E-state index contributed by atoms with van der Waals surface area (Å²) in [6.07, 6.45) is 1.68. The molecule has 1 fully saturated rings. The highest BCUT2D eigenvalue weighted by atomic mass is 79.9. The molecule has 17 heavy (non-hydrogen) atoms. The molecule has 0 bridgehead atoms. The minimum Gasteiger partial charge on any atom is -0.338 e. The number of nitrogens with zero attached hydrogens (tertiary/aromatic N) is 1. The lowest BCUT2D eigenvalue weighted by Crippen LogP contribution is -2.24. The van der Waals surface area contributed by atoms with E-state index in [1.807, 2.05) is 4.90 Å². The zero-order chi connectivity index (χ0) is 12.4. The van der Waals surface area contributed by atoms with Crippen molar-refractivity contribution >= 4 is 21.8 Å². The summed E-state index contributed by atoms with van der Waals surface area (Å²) in [5, 5.41) is 0. The fraction of sp³-hybridized carbons (Fsp3) is 0.462. The quantitative estimate of drug-likeness (QED) is 0.838. The first-order valence-corrected chi connectivity index (χ1v) is 6.61. The van der Waals surface area contributed by atoms with E-state index >= 15 is 0 Å². The fourth-order valence-electron chi connectivity index (χ4n) is 2.14. The van der Waals surface area contributed by atoms with Crippen LogP contribution in [-0.2, 0) is 11.3 Å². The fourth-order valence-corrected chi connectivity index (χ4v) is 2.61. The monoisotopic (exact) mass is 299 g/mol. The van der Waals surface area contributed by atoms with Crippen molar-refractivity contribution < 1.29 is 9.18 Å². The largest absolute Gasteiger partial charge is 0.338 e. The van der Waals surface area contributed by atoms with Gasteiger partial charge in [0.25, 0.3) is 0 Å². The standard InChI is InChI=1S/C13H15BrFNO/c1-2-9-5-13(17)16(7-9)8-10-3-4-11(15)6-12(10)14/h3-4,6,9H,2,5,7-8H2,1H3. The molecule has 0 radical (unpaired) electrons. The van der Waals surface area contributed by atoms with Gasteiger partial charge < -0.3 is 4.90 Å². The first-order valence-electron chi connectivity index (χ1n) is 5.82. The third kappa shape index (κ3) is 2.86. The average Bonchev–Trinajstić information content (AvgIpc) is 2.64. The van der Waals surface area contributed by atoms with Crippen molar-refractivity contribution in [2.24, 2.45) is 5.92 Å². The maximum Gasteiger partial charge on any atom is 0.223 e. The number of amides is 1. The maximum atomic E-state index is 12.9. The molecule has 0 N–H and O–H groups in total. The molecule has 2 rings (SSSR count). The van der Waals surface area contributed by atoms with Crippen LogP contribution in [0.1, 0.15) is 25.3 Å².